The van der Waals surface area contributed by atoms with Gasteiger partial charge in [-0.3, -0.25) is 9.69 Å². The summed E-state index contributed by atoms with van der Waals surface area (Å²) in [7, 11) is 0. The van der Waals surface area contributed by atoms with Crippen LogP contribution in [0.2, 0.25) is 0 Å². The second kappa shape index (κ2) is 8.87. The fourth-order valence-electron chi connectivity index (χ4n) is 4.32. The fraction of sp³-hybridized carbons (Fsp3) is 0.200. The Morgan fingerprint density at radius 3 is 2.66 bits per heavy atom. The molecule has 1 N–H and O–H groups in total. The third-order valence-electron chi connectivity index (χ3n) is 6.06. The van der Waals surface area contributed by atoms with Crippen molar-refractivity contribution in [3.8, 4) is 28.8 Å². The first-order chi connectivity index (χ1) is 17.2. The molecule has 1 fully saturated rings. The molecule has 9 nitrogen and oxygen atoms in total. The molecule has 0 saturated carbocycles. The number of anilines is 1. The number of fused-ring (bicyclic) bond motifs is 1. The second-order valence-corrected chi connectivity index (χ2v) is 9.09. The molecule has 1 aliphatic heterocycles. The van der Waals surface area contributed by atoms with Crippen LogP contribution < -0.4 is 10.5 Å². The highest BCUT2D eigenvalue weighted by Crippen LogP contribution is 2.31. The molecule has 0 amide bonds. The van der Waals surface area contributed by atoms with E-state index in [9.17, 15) is 10.1 Å². The minimum absolute atomic E-state index is 0.116. The van der Waals surface area contributed by atoms with Gasteiger partial charge in [-0.1, -0.05) is 30.3 Å². The van der Waals surface area contributed by atoms with Crippen molar-refractivity contribution in [2.75, 3.05) is 31.1 Å². The van der Waals surface area contributed by atoms with Crippen LogP contribution in [-0.2, 0) is 6.54 Å². The van der Waals surface area contributed by atoms with Crippen LogP contribution in [0.15, 0.2) is 67.7 Å². The van der Waals surface area contributed by atoms with Crippen molar-refractivity contribution in [2.45, 2.75) is 6.54 Å². The Labute approximate surface area is 203 Å². The Balaban J connectivity index is 1.17. The predicted octanol–water partition coefficient (Wildman–Crippen LogP) is 4.09. The molecule has 6 rings (SSSR count). The first-order valence-corrected chi connectivity index (χ1v) is 12.1. The average molecular weight is 485 g/mol. The van der Waals surface area contributed by atoms with E-state index >= 15 is 0 Å². The summed E-state index contributed by atoms with van der Waals surface area (Å²) in [6.45, 7) is 3.30. The SMILES string of the molecule is N#Cc1nc(-c2ccco2)oc1N1CCN(Cc2nc3scc(-c4ccccc4)c3c(=O)[nH]2)CC1. The molecule has 5 aromatic rings. The number of nitrogens with one attached hydrogen (secondary N) is 1. The van der Waals surface area contributed by atoms with Crippen molar-refractivity contribution in [3.63, 3.8) is 0 Å². The van der Waals surface area contributed by atoms with Gasteiger partial charge >= 0.3 is 0 Å². The number of rotatable bonds is 5. The van der Waals surface area contributed by atoms with Crippen LogP contribution in [0.25, 0.3) is 33.0 Å². The highest BCUT2D eigenvalue weighted by molar-refractivity contribution is 7.17. The first kappa shape index (κ1) is 21.3. The first-order valence-electron chi connectivity index (χ1n) is 11.2. The van der Waals surface area contributed by atoms with E-state index in [1.165, 1.54) is 11.3 Å². The van der Waals surface area contributed by atoms with Gasteiger partial charge in [0.2, 0.25) is 11.6 Å². The molecule has 1 aliphatic rings. The molecule has 4 aromatic heterocycles. The van der Waals surface area contributed by atoms with Crippen molar-refractivity contribution >= 4 is 27.4 Å². The van der Waals surface area contributed by atoms with E-state index in [0.717, 1.165) is 29.0 Å². The number of aromatic nitrogens is 3. The zero-order valence-electron chi connectivity index (χ0n) is 18.6. The number of hydrogen-bond acceptors (Lipinski definition) is 9. The highest BCUT2D eigenvalue weighted by atomic mass is 32.1. The van der Waals surface area contributed by atoms with Crippen LogP contribution in [0.3, 0.4) is 0 Å². The van der Waals surface area contributed by atoms with Crippen LogP contribution in [0.5, 0.6) is 0 Å². The monoisotopic (exact) mass is 484 g/mol. The largest absolute Gasteiger partial charge is 0.459 e. The minimum atomic E-state index is -0.116. The van der Waals surface area contributed by atoms with Crippen LogP contribution in [0, 0.1) is 11.3 Å². The van der Waals surface area contributed by atoms with Gasteiger partial charge in [0, 0.05) is 37.1 Å². The molecule has 0 aliphatic carbocycles. The number of nitriles is 1. The smallest absolute Gasteiger partial charge is 0.266 e. The van der Waals surface area contributed by atoms with Gasteiger partial charge in [0.25, 0.3) is 11.4 Å². The van der Waals surface area contributed by atoms with Gasteiger partial charge in [0.1, 0.15) is 16.7 Å². The Bertz CT molecular complexity index is 1570. The lowest BCUT2D eigenvalue weighted by atomic mass is 10.1. The van der Waals surface area contributed by atoms with Gasteiger partial charge in [-0.2, -0.15) is 10.2 Å². The maximum atomic E-state index is 12.9. The number of oxazole rings is 1. The Morgan fingerprint density at radius 1 is 1.09 bits per heavy atom. The van der Waals surface area contributed by atoms with Crippen molar-refractivity contribution in [2.24, 2.45) is 0 Å². The highest BCUT2D eigenvalue weighted by Gasteiger charge is 2.26. The summed E-state index contributed by atoms with van der Waals surface area (Å²) in [5.41, 5.74) is 2.05. The molecule has 0 bridgehead atoms. The Kier molecular flexibility index (Phi) is 5.41. The molecule has 1 saturated heterocycles. The van der Waals surface area contributed by atoms with Crippen molar-refractivity contribution in [3.05, 3.63) is 76.0 Å². The summed E-state index contributed by atoms with van der Waals surface area (Å²) in [5, 5.41) is 12.1. The van der Waals surface area contributed by atoms with Gasteiger partial charge in [-0.15, -0.1) is 11.3 Å². The topological polar surface area (TPSA) is 115 Å². The Morgan fingerprint density at radius 2 is 1.91 bits per heavy atom. The lowest BCUT2D eigenvalue weighted by Crippen LogP contribution is -2.46. The van der Waals surface area contributed by atoms with E-state index in [1.54, 1.807) is 18.4 Å². The third-order valence-corrected chi connectivity index (χ3v) is 6.93. The molecular weight excluding hydrogens is 464 g/mol. The molecule has 0 atom stereocenters. The summed E-state index contributed by atoms with van der Waals surface area (Å²) < 4.78 is 11.2. The number of aromatic amines is 1. The van der Waals surface area contributed by atoms with Gasteiger partial charge in [-0.25, -0.2) is 4.98 Å². The minimum Gasteiger partial charge on any atom is -0.459 e. The summed E-state index contributed by atoms with van der Waals surface area (Å²) >= 11 is 1.49. The molecule has 0 spiro atoms. The number of piperazine rings is 1. The van der Waals surface area contributed by atoms with Crippen LogP contribution in [-0.4, -0.2) is 46.0 Å². The van der Waals surface area contributed by atoms with E-state index in [1.807, 2.05) is 40.6 Å². The van der Waals surface area contributed by atoms with E-state index < -0.39 is 0 Å². The molecule has 0 radical (unpaired) electrons. The van der Waals surface area contributed by atoms with E-state index in [4.69, 9.17) is 13.8 Å². The van der Waals surface area contributed by atoms with E-state index in [0.29, 0.717) is 48.4 Å². The van der Waals surface area contributed by atoms with Crippen LogP contribution in [0.4, 0.5) is 5.88 Å². The molecule has 35 heavy (non-hydrogen) atoms. The average Bonchev–Trinajstić information content (AvgIpc) is 3.64. The lowest BCUT2D eigenvalue weighted by molar-refractivity contribution is 0.240. The van der Waals surface area contributed by atoms with Gasteiger partial charge in [-0.05, 0) is 17.7 Å². The van der Waals surface area contributed by atoms with E-state index in [2.05, 4.69) is 20.9 Å². The van der Waals surface area contributed by atoms with Crippen molar-refractivity contribution in [1.82, 2.24) is 19.9 Å². The number of hydrogen-bond donors (Lipinski definition) is 1. The molecular formula is C25H20N6O3S. The standard InChI is InChI=1S/C25H20N6O3S/c26-13-18-25(34-23(27-18)19-7-4-12-33-19)31-10-8-30(9-11-31)14-20-28-22(32)21-17(15-35-24(21)29-20)16-5-2-1-3-6-16/h1-7,12,15H,8-11,14H2,(H,28,29,32). The van der Waals surface area contributed by atoms with Crippen LogP contribution in [0.1, 0.15) is 11.5 Å². The number of benzene rings is 1. The maximum Gasteiger partial charge on any atom is 0.266 e. The number of nitrogens with zero attached hydrogens (tertiary/aromatic N) is 5. The molecule has 0 unspecified atom stereocenters. The normalized spacial score (nSPS) is 14.4. The lowest BCUT2D eigenvalue weighted by Gasteiger charge is -2.34. The van der Waals surface area contributed by atoms with Gasteiger partial charge < -0.3 is 18.7 Å². The van der Waals surface area contributed by atoms with Gasteiger partial charge in [0.05, 0.1) is 18.2 Å². The number of thiophene rings is 1. The number of H-pyrrole nitrogens is 1. The zero-order valence-corrected chi connectivity index (χ0v) is 19.4. The molecule has 10 heteroatoms. The molecule has 1 aromatic carbocycles. The third kappa shape index (κ3) is 4.01. The van der Waals surface area contributed by atoms with Gasteiger partial charge in [0.15, 0.2) is 5.76 Å². The maximum absolute atomic E-state index is 12.9. The molecule has 5 heterocycles. The Hall–Kier alpha value is -4.20. The zero-order chi connectivity index (χ0) is 23.8. The molecule has 174 valence electrons. The second-order valence-electron chi connectivity index (χ2n) is 8.23. The summed E-state index contributed by atoms with van der Waals surface area (Å²) in [6, 6.07) is 15.5. The quantitative estimate of drug-likeness (QED) is 0.397. The summed E-state index contributed by atoms with van der Waals surface area (Å²) in [6.07, 6.45) is 1.54. The fourth-order valence-corrected chi connectivity index (χ4v) is 5.29. The summed E-state index contributed by atoms with van der Waals surface area (Å²) in [4.78, 5) is 29.9. The summed E-state index contributed by atoms with van der Waals surface area (Å²) in [5.74, 6) is 1.89. The van der Waals surface area contributed by atoms with Crippen molar-refractivity contribution in [1.29, 1.82) is 5.26 Å². The van der Waals surface area contributed by atoms with E-state index in [-0.39, 0.29) is 11.3 Å². The van der Waals surface area contributed by atoms with Crippen molar-refractivity contribution < 1.29 is 8.83 Å². The predicted molar refractivity (Wildman–Crippen MR) is 132 cm³/mol. The van der Waals surface area contributed by atoms with Crippen LogP contribution >= 0.6 is 11.3 Å². The number of furan rings is 1.